The Morgan fingerprint density at radius 2 is 2.29 bits per heavy atom. The molecule has 5 heteroatoms. The Morgan fingerprint density at radius 3 is 3.00 bits per heavy atom. The maximum Gasteiger partial charge on any atom is 0.267 e. The molecule has 2 rings (SSSR count). The molecule has 0 aliphatic carbocycles. The van der Waals surface area contributed by atoms with Gasteiger partial charge in [0.05, 0.1) is 11.7 Å². The Balaban J connectivity index is 2.56. The van der Waals surface area contributed by atoms with Crippen molar-refractivity contribution in [3.05, 3.63) is 28.2 Å². The Labute approximate surface area is 89.4 Å². The lowest BCUT2D eigenvalue weighted by Crippen LogP contribution is -2.47. The van der Waals surface area contributed by atoms with Crippen LogP contribution in [-0.2, 0) is 11.2 Å². The quantitative estimate of drug-likeness (QED) is 0.683. The van der Waals surface area contributed by atoms with Crippen LogP contribution in [0.1, 0.15) is 5.56 Å². The molecule has 0 spiro atoms. The fourth-order valence-electron chi connectivity index (χ4n) is 1.53. The average molecular weight is 257 g/mol. The molecule has 0 unspecified atom stereocenters. The number of benzene rings is 1. The minimum Gasteiger partial charge on any atom is -0.320 e. The number of halogens is 1. The highest BCUT2D eigenvalue weighted by atomic mass is 79.9. The van der Waals surface area contributed by atoms with Gasteiger partial charge in [0.15, 0.2) is 0 Å². The second-order valence-corrected chi connectivity index (χ2v) is 4.05. The zero-order chi connectivity index (χ0) is 10.3. The van der Waals surface area contributed by atoms with Crippen LogP contribution >= 0.6 is 15.9 Å². The van der Waals surface area contributed by atoms with Crippen molar-refractivity contribution >= 4 is 27.5 Å². The monoisotopic (exact) mass is 256 g/mol. The third-order valence-corrected chi connectivity index (χ3v) is 3.02. The van der Waals surface area contributed by atoms with E-state index in [-0.39, 0.29) is 0 Å². The maximum absolute atomic E-state index is 11.3. The van der Waals surface area contributed by atoms with Crippen LogP contribution in [0.2, 0.25) is 0 Å². The zero-order valence-electron chi connectivity index (χ0n) is 7.27. The molecule has 0 saturated carbocycles. The van der Waals surface area contributed by atoms with Gasteiger partial charge in [-0.05, 0) is 24.1 Å². The molecule has 1 aromatic rings. The number of carbonyl (C=O) groups is 1. The number of hydrogen-bond donors (Lipinski definition) is 2. The van der Waals surface area contributed by atoms with Gasteiger partial charge in [-0.2, -0.15) is 5.06 Å². The van der Waals surface area contributed by atoms with Crippen LogP contribution in [0.5, 0.6) is 0 Å². The molecule has 1 aliphatic rings. The standard InChI is InChI=1S/C9H9BrN2O2/c10-6-2-1-3-8-5(6)4-7(11)9(13)12(8)14/h1-3,7,14H,4,11H2/t7-/m0/s1. The summed E-state index contributed by atoms with van der Waals surface area (Å²) >= 11 is 3.35. The summed E-state index contributed by atoms with van der Waals surface area (Å²) in [5.41, 5.74) is 6.95. The second-order valence-electron chi connectivity index (χ2n) is 3.20. The normalized spacial score (nSPS) is 20.9. The van der Waals surface area contributed by atoms with E-state index < -0.39 is 11.9 Å². The number of amides is 1. The van der Waals surface area contributed by atoms with Crippen LogP contribution in [0.3, 0.4) is 0 Å². The minimum absolute atomic E-state index is 0.451. The van der Waals surface area contributed by atoms with Crippen molar-refractivity contribution in [2.75, 3.05) is 5.06 Å². The topological polar surface area (TPSA) is 66.6 Å². The number of hydrogen-bond acceptors (Lipinski definition) is 3. The molecule has 4 nitrogen and oxygen atoms in total. The van der Waals surface area contributed by atoms with E-state index in [2.05, 4.69) is 15.9 Å². The molecule has 0 bridgehead atoms. The molecule has 1 aliphatic heterocycles. The Morgan fingerprint density at radius 1 is 1.57 bits per heavy atom. The Hall–Kier alpha value is -0.910. The summed E-state index contributed by atoms with van der Waals surface area (Å²) < 4.78 is 0.858. The molecule has 1 atom stereocenters. The molecule has 3 N–H and O–H groups in total. The summed E-state index contributed by atoms with van der Waals surface area (Å²) in [6.45, 7) is 0. The van der Waals surface area contributed by atoms with Gasteiger partial charge in [0.1, 0.15) is 0 Å². The molecule has 14 heavy (non-hydrogen) atoms. The van der Waals surface area contributed by atoms with E-state index >= 15 is 0 Å². The molecule has 0 fully saturated rings. The van der Waals surface area contributed by atoms with Gasteiger partial charge in [-0.1, -0.05) is 22.0 Å². The van der Waals surface area contributed by atoms with Gasteiger partial charge in [0, 0.05) is 4.47 Å². The van der Waals surface area contributed by atoms with Gasteiger partial charge >= 0.3 is 0 Å². The summed E-state index contributed by atoms with van der Waals surface area (Å²) in [6, 6.07) is 4.64. The van der Waals surface area contributed by atoms with Gasteiger partial charge < -0.3 is 5.73 Å². The fraction of sp³-hybridized carbons (Fsp3) is 0.222. The van der Waals surface area contributed by atoms with Crippen LogP contribution in [0, 0.1) is 0 Å². The fourth-order valence-corrected chi connectivity index (χ4v) is 2.05. The Bertz CT molecular complexity index is 394. The SMILES string of the molecule is N[C@H]1Cc2c(Br)cccc2N(O)C1=O. The average Bonchev–Trinajstić information content (AvgIpc) is 2.17. The van der Waals surface area contributed by atoms with E-state index in [0.717, 1.165) is 10.0 Å². The highest BCUT2D eigenvalue weighted by Crippen LogP contribution is 2.31. The van der Waals surface area contributed by atoms with Crippen molar-refractivity contribution in [2.24, 2.45) is 5.73 Å². The Kier molecular flexibility index (Phi) is 2.30. The third kappa shape index (κ3) is 1.33. The molecular formula is C9H9BrN2O2. The van der Waals surface area contributed by atoms with Crippen molar-refractivity contribution in [3.63, 3.8) is 0 Å². The summed E-state index contributed by atoms with van der Waals surface area (Å²) in [4.78, 5) is 11.3. The molecule has 0 aromatic heterocycles. The number of nitrogens with zero attached hydrogens (tertiary/aromatic N) is 1. The lowest BCUT2D eigenvalue weighted by Gasteiger charge is -2.28. The number of rotatable bonds is 0. The highest BCUT2D eigenvalue weighted by molar-refractivity contribution is 9.10. The van der Waals surface area contributed by atoms with E-state index in [0.29, 0.717) is 17.2 Å². The summed E-state index contributed by atoms with van der Waals surface area (Å²) in [5.74, 6) is -0.462. The first-order valence-electron chi connectivity index (χ1n) is 4.17. The molecule has 1 heterocycles. The van der Waals surface area contributed by atoms with Gasteiger partial charge in [-0.15, -0.1) is 0 Å². The largest absolute Gasteiger partial charge is 0.320 e. The second kappa shape index (κ2) is 3.34. The van der Waals surface area contributed by atoms with Crippen LogP contribution in [0.25, 0.3) is 0 Å². The molecule has 74 valence electrons. The number of hydroxylamine groups is 1. The van der Waals surface area contributed by atoms with E-state index in [9.17, 15) is 10.0 Å². The van der Waals surface area contributed by atoms with Crippen LogP contribution in [0.15, 0.2) is 22.7 Å². The predicted molar refractivity (Wildman–Crippen MR) is 55.1 cm³/mol. The van der Waals surface area contributed by atoms with Gasteiger partial charge in [0.25, 0.3) is 5.91 Å². The van der Waals surface area contributed by atoms with E-state index in [1.54, 1.807) is 12.1 Å². The van der Waals surface area contributed by atoms with Crippen molar-refractivity contribution in [3.8, 4) is 0 Å². The number of carbonyl (C=O) groups excluding carboxylic acids is 1. The molecule has 1 aromatic carbocycles. The third-order valence-electron chi connectivity index (χ3n) is 2.27. The van der Waals surface area contributed by atoms with Crippen molar-refractivity contribution < 1.29 is 10.0 Å². The van der Waals surface area contributed by atoms with E-state index in [1.165, 1.54) is 0 Å². The summed E-state index contributed by atoms with van der Waals surface area (Å²) in [6.07, 6.45) is 0.451. The number of fused-ring (bicyclic) bond motifs is 1. The molecule has 0 saturated heterocycles. The highest BCUT2D eigenvalue weighted by Gasteiger charge is 2.30. The molecular weight excluding hydrogens is 248 g/mol. The van der Waals surface area contributed by atoms with Crippen molar-refractivity contribution in [1.82, 2.24) is 0 Å². The number of anilines is 1. The lowest BCUT2D eigenvalue weighted by atomic mass is 9.99. The van der Waals surface area contributed by atoms with Gasteiger partial charge in [-0.3, -0.25) is 10.0 Å². The smallest absolute Gasteiger partial charge is 0.267 e. The zero-order valence-corrected chi connectivity index (χ0v) is 8.86. The van der Waals surface area contributed by atoms with Crippen molar-refractivity contribution in [1.29, 1.82) is 0 Å². The molecule has 0 radical (unpaired) electrons. The first kappa shape index (κ1) is 9.64. The van der Waals surface area contributed by atoms with Crippen LogP contribution in [-0.4, -0.2) is 17.2 Å². The van der Waals surface area contributed by atoms with Crippen LogP contribution in [0.4, 0.5) is 5.69 Å². The van der Waals surface area contributed by atoms with E-state index in [1.807, 2.05) is 6.07 Å². The maximum atomic E-state index is 11.3. The summed E-state index contributed by atoms with van der Waals surface area (Å²) in [5, 5.41) is 10.1. The summed E-state index contributed by atoms with van der Waals surface area (Å²) in [7, 11) is 0. The van der Waals surface area contributed by atoms with Gasteiger partial charge in [-0.25, -0.2) is 0 Å². The van der Waals surface area contributed by atoms with E-state index in [4.69, 9.17) is 5.73 Å². The van der Waals surface area contributed by atoms with Crippen LogP contribution < -0.4 is 10.8 Å². The minimum atomic E-state index is -0.661. The first-order chi connectivity index (χ1) is 6.61. The molecule has 1 amide bonds. The van der Waals surface area contributed by atoms with Crippen molar-refractivity contribution in [2.45, 2.75) is 12.5 Å². The first-order valence-corrected chi connectivity index (χ1v) is 4.96. The lowest BCUT2D eigenvalue weighted by molar-refractivity contribution is -0.125. The number of nitrogens with two attached hydrogens (primary N) is 1. The predicted octanol–water partition coefficient (Wildman–Crippen LogP) is 1.05. The van der Waals surface area contributed by atoms with Gasteiger partial charge in [0.2, 0.25) is 0 Å².